The Morgan fingerprint density at radius 3 is 2.53 bits per heavy atom. The topological polar surface area (TPSA) is 73.8 Å². The van der Waals surface area contributed by atoms with Gasteiger partial charge in [-0.25, -0.2) is 4.99 Å². The number of allylic oxidation sites excluding steroid dienone is 2. The third kappa shape index (κ3) is 3.32. The number of imide groups is 1. The van der Waals surface area contributed by atoms with Gasteiger partial charge in [0.1, 0.15) is 0 Å². The molecule has 30 heavy (non-hydrogen) atoms. The van der Waals surface area contributed by atoms with Gasteiger partial charge in [-0.05, 0) is 61.1 Å². The smallest absolute Gasteiger partial charge is 0.233 e. The summed E-state index contributed by atoms with van der Waals surface area (Å²) in [6.07, 6.45) is 8.85. The number of guanidine groups is 1. The van der Waals surface area contributed by atoms with Gasteiger partial charge in [0.05, 0.1) is 18.4 Å². The Morgan fingerprint density at radius 1 is 1.07 bits per heavy atom. The number of nitrogens with one attached hydrogen (secondary N) is 2. The summed E-state index contributed by atoms with van der Waals surface area (Å²) in [6, 6.07) is 6.68. The van der Waals surface area contributed by atoms with Crippen LogP contribution in [0, 0.1) is 23.7 Å². The van der Waals surface area contributed by atoms with E-state index in [0.717, 1.165) is 18.9 Å². The van der Waals surface area contributed by atoms with Crippen LogP contribution in [0.15, 0.2) is 35.3 Å². The van der Waals surface area contributed by atoms with Crippen molar-refractivity contribution in [1.29, 1.82) is 0 Å². The standard InChI is InChI=1S/C24H30N4O2/c1-2-25-24(27-14-15-6-7-16-4-3-5-17(16)12-15)26-10-11-28-22(29)20-18-8-9-19(13-18)21(20)23(28)30/h6-9,12,18-21H,2-5,10-11,13-14H2,1H3,(H2,25,26,27). The van der Waals surface area contributed by atoms with Crippen LogP contribution in [0.2, 0.25) is 0 Å². The zero-order chi connectivity index (χ0) is 20.7. The van der Waals surface area contributed by atoms with Gasteiger partial charge in [0.15, 0.2) is 5.96 Å². The van der Waals surface area contributed by atoms with Crippen molar-refractivity contribution in [2.75, 3.05) is 19.6 Å². The first-order valence-electron chi connectivity index (χ1n) is 11.3. The van der Waals surface area contributed by atoms with Gasteiger partial charge in [0, 0.05) is 19.6 Å². The van der Waals surface area contributed by atoms with Gasteiger partial charge in [0.2, 0.25) is 11.8 Å². The fourth-order valence-electron chi connectivity index (χ4n) is 5.71. The number of carbonyl (C=O) groups is 2. The van der Waals surface area contributed by atoms with Crippen LogP contribution in [-0.4, -0.2) is 42.3 Å². The van der Waals surface area contributed by atoms with Crippen molar-refractivity contribution in [3.63, 3.8) is 0 Å². The summed E-state index contributed by atoms with van der Waals surface area (Å²) in [5.74, 6) is 1.05. The van der Waals surface area contributed by atoms with Crippen LogP contribution in [0.5, 0.6) is 0 Å². The minimum Gasteiger partial charge on any atom is -0.357 e. The number of hydrogen-bond acceptors (Lipinski definition) is 3. The summed E-state index contributed by atoms with van der Waals surface area (Å²) in [5.41, 5.74) is 4.15. The Morgan fingerprint density at radius 2 is 1.80 bits per heavy atom. The number of benzene rings is 1. The van der Waals surface area contributed by atoms with Crippen molar-refractivity contribution in [1.82, 2.24) is 15.5 Å². The number of aliphatic imine (C=N–C) groups is 1. The highest BCUT2D eigenvalue weighted by molar-refractivity contribution is 6.06. The number of amides is 2. The van der Waals surface area contributed by atoms with E-state index >= 15 is 0 Å². The lowest BCUT2D eigenvalue weighted by Gasteiger charge is -2.18. The second kappa shape index (κ2) is 7.89. The Hall–Kier alpha value is -2.63. The largest absolute Gasteiger partial charge is 0.357 e. The molecule has 3 aliphatic carbocycles. The SMILES string of the molecule is CCNC(=NCc1ccc2c(c1)CCC2)NCCN1C(=O)C2C3C=CC(C3)C2C1=O. The second-order valence-corrected chi connectivity index (χ2v) is 8.91. The molecule has 5 rings (SSSR count). The maximum absolute atomic E-state index is 12.8. The van der Waals surface area contributed by atoms with Crippen molar-refractivity contribution >= 4 is 17.8 Å². The Balaban J connectivity index is 1.17. The number of carbonyl (C=O) groups excluding carboxylic acids is 2. The predicted molar refractivity (Wildman–Crippen MR) is 116 cm³/mol. The van der Waals surface area contributed by atoms with E-state index in [0.29, 0.717) is 19.6 Å². The van der Waals surface area contributed by atoms with E-state index in [1.54, 1.807) is 0 Å². The number of rotatable bonds is 6. The molecule has 0 spiro atoms. The molecule has 6 heteroatoms. The summed E-state index contributed by atoms with van der Waals surface area (Å²) in [6.45, 7) is 4.31. The van der Waals surface area contributed by atoms with Gasteiger partial charge < -0.3 is 10.6 Å². The van der Waals surface area contributed by atoms with E-state index in [4.69, 9.17) is 4.99 Å². The quantitative estimate of drug-likeness (QED) is 0.328. The van der Waals surface area contributed by atoms with Gasteiger partial charge >= 0.3 is 0 Å². The lowest BCUT2D eigenvalue weighted by atomic mass is 9.85. The number of fused-ring (bicyclic) bond motifs is 6. The van der Waals surface area contributed by atoms with E-state index in [1.807, 2.05) is 6.92 Å². The molecule has 4 aliphatic rings. The molecule has 1 saturated carbocycles. The molecule has 2 fully saturated rings. The molecule has 2 N–H and O–H groups in total. The van der Waals surface area contributed by atoms with E-state index in [-0.39, 0.29) is 35.5 Å². The van der Waals surface area contributed by atoms with Crippen molar-refractivity contribution < 1.29 is 9.59 Å². The summed E-state index contributed by atoms with van der Waals surface area (Å²) >= 11 is 0. The maximum Gasteiger partial charge on any atom is 0.233 e. The monoisotopic (exact) mass is 406 g/mol. The van der Waals surface area contributed by atoms with Crippen molar-refractivity contribution in [2.45, 2.75) is 39.2 Å². The highest BCUT2D eigenvalue weighted by Gasteiger charge is 2.58. The zero-order valence-corrected chi connectivity index (χ0v) is 17.6. The van der Waals surface area contributed by atoms with Crippen LogP contribution < -0.4 is 10.6 Å². The van der Waals surface area contributed by atoms with E-state index in [1.165, 1.54) is 40.9 Å². The second-order valence-electron chi connectivity index (χ2n) is 8.91. The fraction of sp³-hybridized carbons (Fsp3) is 0.542. The molecule has 0 radical (unpaired) electrons. The van der Waals surface area contributed by atoms with Crippen LogP contribution in [0.1, 0.15) is 36.5 Å². The first-order valence-corrected chi connectivity index (χ1v) is 11.3. The Bertz CT molecular complexity index is 892. The Kier molecular flexibility index (Phi) is 5.09. The summed E-state index contributed by atoms with van der Waals surface area (Å²) < 4.78 is 0. The van der Waals surface area contributed by atoms with Crippen LogP contribution >= 0.6 is 0 Å². The van der Waals surface area contributed by atoms with E-state index in [2.05, 4.69) is 41.0 Å². The van der Waals surface area contributed by atoms with Gasteiger partial charge in [0.25, 0.3) is 0 Å². The van der Waals surface area contributed by atoms with Gasteiger partial charge in [-0.1, -0.05) is 30.4 Å². The molecule has 1 aliphatic heterocycles. The zero-order valence-electron chi connectivity index (χ0n) is 17.6. The molecule has 1 saturated heterocycles. The van der Waals surface area contributed by atoms with Crippen molar-refractivity contribution in [3.05, 3.63) is 47.0 Å². The minimum atomic E-state index is -0.116. The summed E-state index contributed by atoms with van der Waals surface area (Å²) in [7, 11) is 0. The molecule has 6 nitrogen and oxygen atoms in total. The average Bonchev–Trinajstić information content (AvgIpc) is 3.52. The molecule has 4 unspecified atom stereocenters. The third-order valence-electron chi connectivity index (χ3n) is 7.12. The van der Waals surface area contributed by atoms with Gasteiger partial charge in [-0.3, -0.25) is 14.5 Å². The molecule has 2 bridgehead atoms. The predicted octanol–water partition coefficient (Wildman–Crippen LogP) is 2.04. The van der Waals surface area contributed by atoms with Gasteiger partial charge in [-0.15, -0.1) is 0 Å². The molecular weight excluding hydrogens is 376 g/mol. The average molecular weight is 407 g/mol. The van der Waals surface area contributed by atoms with Crippen LogP contribution in [0.3, 0.4) is 0 Å². The van der Waals surface area contributed by atoms with Crippen molar-refractivity contribution in [3.8, 4) is 0 Å². The van der Waals surface area contributed by atoms with E-state index in [9.17, 15) is 9.59 Å². The number of nitrogens with zero attached hydrogens (tertiary/aromatic N) is 2. The van der Waals surface area contributed by atoms with Crippen LogP contribution in [0.4, 0.5) is 0 Å². The summed E-state index contributed by atoms with van der Waals surface area (Å²) in [4.78, 5) is 31.7. The molecular formula is C24H30N4O2. The lowest BCUT2D eigenvalue weighted by Crippen LogP contribution is -2.43. The first kappa shape index (κ1) is 19.3. The number of likely N-dealkylation sites (tertiary alicyclic amines) is 1. The molecule has 2 amide bonds. The Labute approximate surface area is 177 Å². The van der Waals surface area contributed by atoms with Crippen LogP contribution in [-0.2, 0) is 29.0 Å². The highest BCUT2D eigenvalue weighted by Crippen LogP contribution is 2.52. The number of hydrogen-bond donors (Lipinski definition) is 2. The normalized spacial score (nSPS) is 29.0. The fourth-order valence-corrected chi connectivity index (χ4v) is 5.71. The molecule has 4 atom stereocenters. The molecule has 1 aromatic rings. The molecule has 1 heterocycles. The molecule has 158 valence electrons. The number of aryl methyl sites for hydroxylation is 2. The molecule has 1 aromatic carbocycles. The van der Waals surface area contributed by atoms with Crippen molar-refractivity contribution in [2.24, 2.45) is 28.7 Å². The third-order valence-corrected chi connectivity index (χ3v) is 7.12. The van der Waals surface area contributed by atoms with Crippen LogP contribution in [0.25, 0.3) is 0 Å². The van der Waals surface area contributed by atoms with Gasteiger partial charge in [-0.2, -0.15) is 0 Å². The molecule has 0 aromatic heterocycles. The lowest BCUT2D eigenvalue weighted by molar-refractivity contribution is -0.140. The minimum absolute atomic E-state index is 0.0173. The maximum atomic E-state index is 12.8. The highest BCUT2D eigenvalue weighted by atomic mass is 16.2. The summed E-state index contributed by atoms with van der Waals surface area (Å²) in [5, 5.41) is 6.55. The van der Waals surface area contributed by atoms with E-state index < -0.39 is 0 Å². The first-order chi connectivity index (χ1) is 14.7.